The van der Waals surface area contributed by atoms with Gasteiger partial charge in [0.25, 0.3) is 0 Å². The van der Waals surface area contributed by atoms with E-state index in [1.807, 2.05) is 30.3 Å². The van der Waals surface area contributed by atoms with Gasteiger partial charge in [0.15, 0.2) is 11.6 Å². The van der Waals surface area contributed by atoms with Crippen molar-refractivity contribution in [3.63, 3.8) is 0 Å². The van der Waals surface area contributed by atoms with Crippen molar-refractivity contribution in [3.8, 4) is 34.2 Å². The molecule has 52 heavy (non-hydrogen) atoms. The molecule has 0 radical (unpaired) electrons. The lowest BCUT2D eigenvalue weighted by Crippen LogP contribution is -2.17. The Balaban J connectivity index is 1.27. The van der Waals surface area contributed by atoms with Crippen LogP contribution in [0.5, 0.6) is 0 Å². The van der Waals surface area contributed by atoms with Gasteiger partial charge in [0.1, 0.15) is 0 Å². The fourth-order valence-electron chi connectivity index (χ4n) is 7.69. The topological polar surface area (TPSA) is 48.5 Å². The highest BCUT2D eigenvalue weighted by atomic mass is 15.2. The minimum atomic E-state index is -0.241. The molecule has 4 heterocycles. The second-order valence-corrected chi connectivity index (χ2v) is 13.9. The molecule has 0 saturated carbocycles. The Morgan fingerprint density at radius 2 is 1.31 bits per heavy atom. The maximum absolute atomic E-state index is 5.26. The molecule has 1 aliphatic rings. The van der Waals surface area contributed by atoms with Crippen LogP contribution < -0.4 is 0 Å². The molecule has 0 spiro atoms. The van der Waals surface area contributed by atoms with Crippen molar-refractivity contribution in [1.29, 1.82) is 0 Å². The maximum Gasteiger partial charge on any atom is 0.238 e. The quantitative estimate of drug-likeness (QED) is 0.158. The van der Waals surface area contributed by atoms with Crippen LogP contribution in [-0.4, -0.2) is 24.1 Å². The van der Waals surface area contributed by atoms with Gasteiger partial charge in [0, 0.05) is 33.6 Å². The lowest BCUT2D eigenvalue weighted by Gasteiger charge is -2.20. The van der Waals surface area contributed by atoms with Crippen molar-refractivity contribution in [1.82, 2.24) is 24.1 Å². The van der Waals surface area contributed by atoms with Gasteiger partial charge in [-0.15, -0.1) is 0 Å². The monoisotopic (exact) mass is 671 g/mol. The van der Waals surface area contributed by atoms with E-state index in [-0.39, 0.29) is 5.41 Å². The number of fused-ring (bicyclic) bond motifs is 7. The van der Waals surface area contributed by atoms with Crippen LogP contribution in [0, 0.1) is 0 Å². The molecule has 5 heteroatoms. The zero-order chi connectivity index (χ0) is 35.4. The molecule has 0 atom stereocenters. The van der Waals surface area contributed by atoms with Crippen molar-refractivity contribution in [3.05, 3.63) is 187 Å². The lowest BCUT2D eigenvalue weighted by molar-refractivity contribution is 0.645. The van der Waals surface area contributed by atoms with Gasteiger partial charge in [-0.1, -0.05) is 160 Å². The molecule has 1 aliphatic heterocycles. The van der Waals surface area contributed by atoms with E-state index in [4.69, 9.17) is 15.0 Å². The van der Waals surface area contributed by atoms with Gasteiger partial charge in [0.05, 0.1) is 16.7 Å². The second-order valence-electron chi connectivity index (χ2n) is 13.9. The van der Waals surface area contributed by atoms with Crippen LogP contribution in [0.4, 0.5) is 0 Å². The van der Waals surface area contributed by atoms with Gasteiger partial charge in [-0.25, -0.2) is 4.98 Å². The minimum Gasteiger partial charge on any atom is -0.317 e. The third kappa shape index (κ3) is 5.04. The van der Waals surface area contributed by atoms with Crippen LogP contribution in [0.15, 0.2) is 164 Å². The molecule has 5 aromatic carbocycles. The van der Waals surface area contributed by atoms with Gasteiger partial charge >= 0.3 is 0 Å². The number of nitrogens with zero attached hydrogens (tertiary/aromatic N) is 5. The van der Waals surface area contributed by atoms with Crippen molar-refractivity contribution >= 4 is 33.0 Å². The maximum atomic E-state index is 5.26. The lowest BCUT2D eigenvalue weighted by atomic mass is 9.83. The summed E-state index contributed by atoms with van der Waals surface area (Å²) >= 11 is 0. The number of allylic oxidation sites excluding steroid dienone is 5. The summed E-state index contributed by atoms with van der Waals surface area (Å²) in [5.41, 5.74) is 12.0. The fourth-order valence-corrected chi connectivity index (χ4v) is 7.69. The molecule has 0 amide bonds. The van der Waals surface area contributed by atoms with Gasteiger partial charge in [-0.3, -0.25) is 4.57 Å². The van der Waals surface area contributed by atoms with E-state index in [0.717, 1.165) is 44.3 Å². The predicted molar refractivity (Wildman–Crippen MR) is 215 cm³/mol. The van der Waals surface area contributed by atoms with E-state index in [1.165, 1.54) is 27.9 Å². The number of rotatable bonds is 7. The first-order valence-corrected chi connectivity index (χ1v) is 17.7. The third-order valence-corrected chi connectivity index (χ3v) is 10.3. The Labute approximate surface area is 303 Å². The largest absolute Gasteiger partial charge is 0.317 e. The summed E-state index contributed by atoms with van der Waals surface area (Å²) in [5.74, 6) is 1.82. The van der Waals surface area contributed by atoms with E-state index < -0.39 is 0 Å². The third-order valence-electron chi connectivity index (χ3n) is 10.3. The van der Waals surface area contributed by atoms with Crippen LogP contribution in [0.25, 0.3) is 67.1 Å². The normalized spacial score (nSPS) is 13.8. The molecule has 0 unspecified atom stereocenters. The first-order valence-electron chi connectivity index (χ1n) is 17.7. The first-order chi connectivity index (χ1) is 25.4. The smallest absolute Gasteiger partial charge is 0.238 e. The van der Waals surface area contributed by atoms with E-state index in [1.54, 1.807) is 0 Å². The number of aromatic nitrogens is 5. The molecule has 0 saturated heterocycles. The highest BCUT2D eigenvalue weighted by molar-refractivity contribution is 6.11. The Morgan fingerprint density at radius 1 is 0.654 bits per heavy atom. The van der Waals surface area contributed by atoms with E-state index >= 15 is 0 Å². The van der Waals surface area contributed by atoms with Gasteiger partial charge in [-0.05, 0) is 52.5 Å². The van der Waals surface area contributed by atoms with Crippen LogP contribution in [0.3, 0.4) is 0 Å². The SMILES string of the molecule is C=C/C(=C\C=C(/C)c1nc(-c2ccc(-c3ccccc3)cc2)nc(-n2c3ccccc3c3cn4c(c32)C(C)(C)c2ccccc2-4)n1)c1ccccc1. The van der Waals surface area contributed by atoms with Crippen LogP contribution >= 0.6 is 0 Å². The summed E-state index contributed by atoms with van der Waals surface area (Å²) < 4.78 is 4.62. The zero-order valence-electron chi connectivity index (χ0n) is 29.5. The molecule has 8 aromatic rings. The molecule has 0 aliphatic carbocycles. The van der Waals surface area contributed by atoms with Crippen LogP contribution in [0.1, 0.15) is 43.4 Å². The minimum absolute atomic E-state index is 0.241. The van der Waals surface area contributed by atoms with Gasteiger partial charge in [0.2, 0.25) is 5.95 Å². The van der Waals surface area contributed by atoms with Crippen LogP contribution in [0.2, 0.25) is 0 Å². The number of para-hydroxylation sites is 2. The van der Waals surface area contributed by atoms with Gasteiger partial charge < -0.3 is 4.57 Å². The summed E-state index contributed by atoms with van der Waals surface area (Å²) in [6.07, 6.45) is 8.33. The standard InChI is InChI=1S/C47H37N5/c1-5-32(33-16-8-6-9-17-33)25-24-31(2)44-48-45(36-28-26-35(27-29-36)34-18-10-7-11-19-34)50-46(49-44)52-40-22-14-12-20-37(40)38-30-51-41-23-15-13-21-39(41)47(3,4)43(51)42(38)52/h5-30H,1H2,2-4H3/b31-24+,32-25+. The molecule has 0 N–H and O–H groups in total. The molecule has 3 aromatic heterocycles. The summed E-state index contributed by atoms with van der Waals surface area (Å²) in [6.45, 7) is 10.8. The molecule has 9 rings (SSSR count). The predicted octanol–water partition coefficient (Wildman–Crippen LogP) is 11.4. The second kappa shape index (κ2) is 12.3. The zero-order valence-corrected chi connectivity index (χ0v) is 29.5. The Hall–Kier alpha value is -6.59. The van der Waals surface area contributed by atoms with E-state index in [0.29, 0.717) is 17.6 Å². The summed E-state index contributed by atoms with van der Waals surface area (Å²) in [7, 11) is 0. The Morgan fingerprint density at radius 3 is 2.08 bits per heavy atom. The molecule has 250 valence electrons. The molecule has 0 bridgehead atoms. The average molecular weight is 672 g/mol. The van der Waals surface area contributed by atoms with E-state index in [9.17, 15) is 0 Å². The highest BCUT2D eigenvalue weighted by Gasteiger charge is 2.40. The van der Waals surface area contributed by atoms with Crippen molar-refractivity contribution in [2.24, 2.45) is 0 Å². The summed E-state index contributed by atoms with van der Waals surface area (Å²) in [4.78, 5) is 15.6. The molecule has 5 nitrogen and oxygen atoms in total. The highest BCUT2D eigenvalue weighted by Crippen LogP contribution is 2.49. The van der Waals surface area contributed by atoms with E-state index in [2.05, 4.69) is 164 Å². The van der Waals surface area contributed by atoms with Crippen molar-refractivity contribution in [2.45, 2.75) is 26.2 Å². The average Bonchev–Trinajstić information content (AvgIpc) is 3.81. The number of benzene rings is 5. The molecular formula is C47H37N5. The summed E-state index contributed by atoms with van der Waals surface area (Å²) in [5, 5.41) is 2.34. The van der Waals surface area contributed by atoms with Gasteiger partial charge in [-0.2, -0.15) is 9.97 Å². The Bertz CT molecular complexity index is 2710. The molecular weight excluding hydrogens is 635 g/mol. The summed E-state index contributed by atoms with van der Waals surface area (Å²) in [6, 6.07) is 46.5. The first kappa shape index (κ1) is 31.4. The number of hydrogen-bond donors (Lipinski definition) is 0. The molecule has 0 fully saturated rings. The van der Waals surface area contributed by atoms with Crippen molar-refractivity contribution < 1.29 is 0 Å². The van der Waals surface area contributed by atoms with Crippen LogP contribution in [-0.2, 0) is 5.41 Å². The fraction of sp³-hybridized carbons (Fsp3) is 0.0851. The Kier molecular flexibility index (Phi) is 7.44. The van der Waals surface area contributed by atoms with Crippen molar-refractivity contribution in [2.75, 3.05) is 0 Å². The number of hydrogen-bond acceptors (Lipinski definition) is 3.